The van der Waals surface area contributed by atoms with Crippen LogP contribution < -0.4 is 4.90 Å². The van der Waals surface area contributed by atoms with E-state index in [4.69, 9.17) is 4.74 Å². The van der Waals surface area contributed by atoms with E-state index in [1.165, 1.54) is 17.0 Å². The van der Waals surface area contributed by atoms with E-state index in [9.17, 15) is 27.9 Å². The number of carboxylic acid groups (broad SMARTS) is 1. The van der Waals surface area contributed by atoms with Crippen LogP contribution in [0.4, 0.5) is 23.7 Å². The summed E-state index contributed by atoms with van der Waals surface area (Å²) in [5.74, 6) is -1.31. The molecular formula is C17H20BrF3N2O4. The van der Waals surface area contributed by atoms with Crippen molar-refractivity contribution in [1.29, 1.82) is 0 Å². The van der Waals surface area contributed by atoms with Gasteiger partial charge in [0.1, 0.15) is 11.6 Å². The summed E-state index contributed by atoms with van der Waals surface area (Å²) in [6, 6.07) is 2.33. The van der Waals surface area contributed by atoms with E-state index in [0.29, 0.717) is 0 Å². The molecule has 0 aromatic heterocycles. The lowest BCUT2D eigenvalue weighted by molar-refractivity contribution is -0.143. The van der Waals surface area contributed by atoms with Crippen LogP contribution in [0.15, 0.2) is 22.7 Å². The molecule has 0 aliphatic carbocycles. The largest absolute Gasteiger partial charge is 0.480 e. The molecule has 1 unspecified atom stereocenters. The summed E-state index contributed by atoms with van der Waals surface area (Å²) >= 11 is 3.12. The fourth-order valence-corrected chi connectivity index (χ4v) is 3.42. The Morgan fingerprint density at radius 2 is 1.85 bits per heavy atom. The van der Waals surface area contributed by atoms with Crippen molar-refractivity contribution in [3.63, 3.8) is 0 Å². The molecular weight excluding hydrogens is 433 g/mol. The summed E-state index contributed by atoms with van der Waals surface area (Å²) in [5.41, 5.74) is -1.82. The number of nitrogens with zero attached hydrogens (tertiary/aromatic N) is 2. The van der Waals surface area contributed by atoms with E-state index in [0.717, 1.165) is 11.0 Å². The van der Waals surface area contributed by atoms with Gasteiger partial charge < -0.3 is 14.7 Å². The van der Waals surface area contributed by atoms with E-state index in [-0.39, 0.29) is 29.8 Å². The van der Waals surface area contributed by atoms with E-state index < -0.39 is 35.4 Å². The normalized spacial score (nSPS) is 18.4. The molecule has 0 spiro atoms. The number of halogens is 4. The summed E-state index contributed by atoms with van der Waals surface area (Å²) < 4.78 is 45.6. The van der Waals surface area contributed by atoms with Gasteiger partial charge in [0.05, 0.1) is 11.3 Å². The predicted molar refractivity (Wildman–Crippen MR) is 95.7 cm³/mol. The number of hydrogen-bond acceptors (Lipinski definition) is 4. The fraction of sp³-hybridized carbons (Fsp3) is 0.529. The van der Waals surface area contributed by atoms with Gasteiger partial charge in [0.2, 0.25) is 0 Å². The number of rotatable bonds is 2. The van der Waals surface area contributed by atoms with Gasteiger partial charge in [0.15, 0.2) is 0 Å². The second-order valence-corrected chi connectivity index (χ2v) is 7.96. The lowest BCUT2D eigenvalue weighted by Gasteiger charge is -2.41. The van der Waals surface area contributed by atoms with Crippen LogP contribution in [0.3, 0.4) is 0 Å². The number of carbonyl (C=O) groups excluding carboxylic acids is 1. The molecule has 1 fully saturated rings. The Labute approximate surface area is 163 Å². The number of aliphatic carboxylic acids is 1. The van der Waals surface area contributed by atoms with Gasteiger partial charge in [-0.3, -0.25) is 4.90 Å². The molecule has 0 radical (unpaired) electrons. The molecule has 1 aromatic rings. The molecule has 27 heavy (non-hydrogen) atoms. The highest BCUT2D eigenvalue weighted by Crippen LogP contribution is 2.41. The van der Waals surface area contributed by atoms with Crippen molar-refractivity contribution < 1.29 is 32.6 Å². The topological polar surface area (TPSA) is 70.1 Å². The molecule has 1 aliphatic rings. The van der Waals surface area contributed by atoms with Gasteiger partial charge in [0.25, 0.3) is 0 Å². The molecule has 1 aliphatic heterocycles. The molecule has 0 bridgehead atoms. The Morgan fingerprint density at radius 1 is 1.22 bits per heavy atom. The van der Waals surface area contributed by atoms with E-state index in [1.54, 1.807) is 20.8 Å². The van der Waals surface area contributed by atoms with E-state index in [1.807, 2.05) is 0 Å². The fourth-order valence-electron chi connectivity index (χ4n) is 2.80. The third-order valence-electron chi connectivity index (χ3n) is 3.90. The maximum Gasteiger partial charge on any atom is 0.418 e. The zero-order valence-electron chi connectivity index (χ0n) is 15.0. The molecule has 1 atom stereocenters. The summed E-state index contributed by atoms with van der Waals surface area (Å²) in [7, 11) is 0. The van der Waals surface area contributed by atoms with Gasteiger partial charge >= 0.3 is 18.2 Å². The quantitative estimate of drug-likeness (QED) is 0.734. The molecule has 6 nitrogen and oxygen atoms in total. The zero-order chi connectivity index (χ0) is 20.6. The number of hydrogen-bond donors (Lipinski definition) is 1. The van der Waals surface area contributed by atoms with E-state index in [2.05, 4.69) is 15.9 Å². The van der Waals surface area contributed by atoms with Crippen LogP contribution in [0.5, 0.6) is 0 Å². The van der Waals surface area contributed by atoms with Crippen LogP contribution in [-0.4, -0.2) is 53.3 Å². The minimum Gasteiger partial charge on any atom is -0.480 e. The number of ether oxygens (including phenoxy) is 1. The molecule has 1 N–H and O–H groups in total. The second kappa shape index (κ2) is 7.57. The maximum absolute atomic E-state index is 13.4. The number of benzene rings is 1. The third kappa shape index (κ3) is 5.06. The first-order valence-electron chi connectivity index (χ1n) is 8.14. The third-order valence-corrected chi connectivity index (χ3v) is 4.54. The van der Waals surface area contributed by atoms with Crippen LogP contribution in [-0.2, 0) is 15.7 Å². The maximum atomic E-state index is 13.4. The first kappa shape index (κ1) is 21.3. The average Bonchev–Trinajstić information content (AvgIpc) is 2.51. The number of carbonyl (C=O) groups is 2. The molecule has 1 aromatic carbocycles. The minimum absolute atomic E-state index is 0.0364. The van der Waals surface area contributed by atoms with Crippen LogP contribution >= 0.6 is 15.9 Å². The van der Waals surface area contributed by atoms with Gasteiger partial charge in [-0.05, 0) is 48.8 Å². The Balaban J connectivity index is 2.33. The number of piperazine rings is 1. The van der Waals surface area contributed by atoms with Gasteiger partial charge in [-0.2, -0.15) is 13.2 Å². The van der Waals surface area contributed by atoms with Gasteiger partial charge in [-0.15, -0.1) is 0 Å². The average molecular weight is 453 g/mol. The molecule has 1 amide bonds. The minimum atomic E-state index is -4.60. The van der Waals surface area contributed by atoms with Crippen LogP contribution in [0.1, 0.15) is 26.3 Å². The predicted octanol–water partition coefficient (Wildman–Crippen LogP) is 3.98. The highest BCUT2D eigenvalue weighted by Gasteiger charge is 2.41. The highest BCUT2D eigenvalue weighted by molar-refractivity contribution is 9.10. The van der Waals surface area contributed by atoms with Crippen molar-refractivity contribution >= 4 is 33.7 Å². The molecule has 0 saturated carbocycles. The van der Waals surface area contributed by atoms with Crippen molar-refractivity contribution in [2.45, 2.75) is 38.6 Å². The SMILES string of the molecule is CC(C)(C)OC(=O)N1CCN(c2c(Br)cccc2C(F)(F)F)CC1C(=O)O. The lowest BCUT2D eigenvalue weighted by Crippen LogP contribution is -2.59. The summed E-state index contributed by atoms with van der Waals surface area (Å²) in [4.78, 5) is 26.3. The standard InChI is InChI=1S/C17H20BrF3N2O4/c1-16(2,3)27-15(26)23-8-7-22(9-12(23)14(24)25)13-10(17(19,20)21)5-4-6-11(13)18/h4-6,12H,7-9H2,1-3H3,(H,24,25). The number of anilines is 1. The Morgan fingerprint density at radius 3 is 2.37 bits per heavy atom. The first-order valence-corrected chi connectivity index (χ1v) is 8.93. The van der Waals surface area contributed by atoms with Gasteiger partial charge in [0, 0.05) is 24.1 Å². The summed E-state index contributed by atoms with van der Waals surface area (Å²) in [6.45, 7) is 4.61. The number of para-hydroxylation sites is 1. The van der Waals surface area contributed by atoms with Crippen LogP contribution in [0, 0.1) is 0 Å². The molecule has 2 rings (SSSR count). The highest BCUT2D eigenvalue weighted by atomic mass is 79.9. The molecule has 150 valence electrons. The lowest BCUT2D eigenvalue weighted by atomic mass is 10.1. The van der Waals surface area contributed by atoms with Crippen molar-refractivity contribution in [3.05, 3.63) is 28.2 Å². The first-order chi connectivity index (χ1) is 12.3. The smallest absolute Gasteiger partial charge is 0.418 e. The van der Waals surface area contributed by atoms with Crippen molar-refractivity contribution in [1.82, 2.24) is 4.90 Å². The van der Waals surface area contributed by atoms with Crippen molar-refractivity contribution in [2.75, 3.05) is 24.5 Å². The van der Waals surface area contributed by atoms with Crippen LogP contribution in [0.2, 0.25) is 0 Å². The summed E-state index contributed by atoms with van der Waals surface area (Å²) in [6.07, 6.45) is -5.40. The van der Waals surface area contributed by atoms with Crippen molar-refractivity contribution in [2.24, 2.45) is 0 Å². The molecule has 10 heteroatoms. The Kier molecular flexibility index (Phi) is 5.98. The second-order valence-electron chi connectivity index (χ2n) is 7.11. The van der Waals surface area contributed by atoms with Crippen molar-refractivity contribution in [3.8, 4) is 0 Å². The number of carboxylic acids is 1. The van der Waals surface area contributed by atoms with Crippen LogP contribution in [0.25, 0.3) is 0 Å². The van der Waals surface area contributed by atoms with Gasteiger partial charge in [-0.25, -0.2) is 9.59 Å². The monoisotopic (exact) mass is 452 g/mol. The molecule has 1 saturated heterocycles. The molecule has 1 heterocycles. The number of alkyl halides is 3. The van der Waals surface area contributed by atoms with Gasteiger partial charge in [-0.1, -0.05) is 6.07 Å². The van der Waals surface area contributed by atoms with E-state index >= 15 is 0 Å². The zero-order valence-corrected chi connectivity index (χ0v) is 16.6. The summed E-state index contributed by atoms with van der Waals surface area (Å²) in [5, 5.41) is 9.51. The Bertz CT molecular complexity index is 734. The number of amides is 1. The Hall–Kier alpha value is -1.97.